The number of alkyl halides is 3. The summed E-state index contributed by atoms with van der Waals surface area (Å²) >= 11 is 0. The highest BCUT2D eigenvalue weighted by molar-refractivity contribution is 6.10. The number of halogens is 3. The van der Waals surface area contributed by atoms with Crippen molar-refractivity contribution in [2.24, 2.45) is 0 Å². The van der Waals surface area contributed by atoms with Gasteiger partial charge in [-0.25, -0.2) is 4.79 Å². The van der Waals surface area contributed by atoms with Crippen molar-refractivity contribution in [2.45, 2.75) is 31.1 Å². The molecule has 0 bridgehead atoms. The average Bonchev–Trinajstić information content (AvgIpc) is 2.98. The number of piperidine rings is 1. The highest BCUT2D eigenvalue weighted by Gasteiger charge is 2.53. The molecule has 33 heavy (non-hydrogen) atoms. The Morgan fingerprint density at radius 2 is 1.76 bits per heavy atom. The first-order chi connectivity index (χ1) is 15.7. The number of urea groups is 1. The van der Waals surface area contributed by atoms with Crippen LogP contribution < -0.4 is 10.6 Å². The third-order valence-electron chi connectivity index (χ3n) is 5.86. The Morgan fingerprint density at radius 1 is 1.06 bits per heavy atom. The molecule has 174 valence electrons. The van der Waals surface area contributed by atoms with E-state index in [9.17, 15) is 27.6 Å². The topological polar surface area (TPSA) is 81.8 Å². The number of benzene rings is 2. The Morgan fingerprint density at radius 3 is 2.42 bits per heavy atom. The molecule has 4 amide bonds. The number of hydrogen-bond donors (Lipinski definition) is 2. The van der Waals surface area contributed by atoms with Gasteiger partial charge in [-0.1, -0.05) is 30.3 Å². The molecule has 2 fully saturated rings. The summed E-state index contributed by atoms with van der Waals surface area (Å²) in [6.07, 6.45) is -3.30. The lowest BCUT2D eigenvalue weighted by Crippen LogP contribution is -2.58. The number of imide groups is 1. The molecular weight excluding hydrogens is 437 g/mol. The summed E-state index contributed by atoms with van der Waals surface area (Å²) < 4.78 is 38.0. The van der Waals surface area contributed by atoms with Crippen LogP contribution in [0.15, 0.2) is 54.6 Å². The molecule has 0 aliphatic carbocycles. The zero-order valence-electron chi connectivity index (χ0n) is 17.7. The van der Waals surface area contributed by atoms with E-state index in [2.05, 4.69) is 15.5 Å². The molecular formula is C23H23F3N4O3. The zero-order chi connectivity index (χ0) is 23.6. The van der Waals surface area contributed by atoms with E-state index in [4.69, 9.17) is 0 Å². The van der Waals surface area contributed by atoms with Gasteiger partial charge < -0.3 is 10.6 Å². The van der Waals surface area contributed by atoms with E-state index in [1.807, 2.05) is 30.3 Å². The number of amides is 4. The van der Waals surface area contributed by atoms with Crippen molar-refractivity contribution in [3.63, 3.8) is 0 Å². The summed E-state index contributed by atoms with van der Waals surface area (Å²) in [5.41, 5.74) is -0.687. The van der Waals surface area contributed by atoms with Gasteiger partial charge >= 0.3 is 12.2 Å². The van der Waals surface area contributed by atoms with Crippen molar-refractivity contribution in [1.82, 2.24) is 15.1 Å². The Kier molecular flexibility index (Phi) is 6.11. The van der Waals surface area contributed by atoms with Crippen LogP contribution >= 0.6 is 0 Å². The summed E-state index contributed by atoms with van der Waals surface area (Å²) in [6.45, 7) is 1.24. The first-order valence-corrected chi connectivity index (χ1v) is 10.5. The monoisotopic (exact) mass is 460 g/mol. The maximum absolute atomic E-state index is 13.1. The minimum absolute atomic E-state index is 0.140. The lowest BCUT2D eigenvalue weighted by molar-refractivity contribution is -0.137. The summed E-state index contributed by atoms with van der Waals surface area (Å²) in [6, 6.07) is 13.1. The zero-order valence-corrected chi connectivity index (χ0v) is 17.7. The molecule has 2 aliphatic heterocycles. The Hall–Kier alpha value is -3.40. The average molecular weight is 460 g/mol. The molecule has 10 heteroatoms. The first kappa shape index (κ1) is 22.8. The quantitative estimate of drug-likeness (QED) is 0.672. The lowest BCUT2D eigenvalue weighted by atomic mass is 9.88. The predicted molar refractivity (Wildman–Crippen MR) is 114 cm³/mol. The number of hydrogen-bond acceptors (Lipinski definition) is 4. The standard InChI is InChI=1S/C23H23F3N4O3/c24-23(25,26)17-7-9-18(10-8-17)27-19(31)14-30-20(32)22(28-21(30)33)11-4-12-29(15-22)13-16-5-2-1-3-6-16/h1-3,5-10H,4,11-15H2,(H,27,31)(H,28,33). The van der Waals surface area contributed by atoms with Crippen LogP contribution in [0.25, 0.3) is 0 Å². The Balaban J connectivity index is 1.39. The van der Waals surface area contributed by atoms with Crippen molar-refractivity contribution in [2.75, 3.05) is 25.0 Å². The molecule has 2 aliphatic rings. The normalized spacial score (nSPS) is 21.4. The maximum atomic E-state index is 13.1. The van der Waals surface area contributed by atoms with Crippen molar-refractivity contribution >= 4 is 23.5 Å². The number of carbonyl (C=O) groups is 3. The number of likely N-dealkylation sites (tertiary alicyclic amines) is 1. The van der Waals surface area contributed by atoms with Crippen LogP contribution in [0.3, 0.4) is 0 Å². The summed E-state index contributed by atoms with van der Waals surface area (Å²) in [4.78, 5) is 41.0. The summed E-state index contributed by atoms with van der Waals surface area (Å²) in [5.74, 6) is -1.14. The van der Waals surface area contributed by atoms with Crippen LogP contribution in [0, 0.1) is 0 Å². The van der Waals surface area contributed by atoms with Crippen LogP contribution in [-0.4, -0.2) is 52.8 Å². The second kappa shape index (κ2) is 8.86. The van der Waals surface area contributed by atoms with Gasteiger partial charge in [0.25, 0.3) is 5.91 Å². The van der Waals surface area contributed by atoms with Crippen LogP contribution in [0.1, 0.15) is 24.0 Å². The van der Waals surface area contributed by atoms with Crippen LogP contribution in [0.2, 0.25) is 0 Å². The van der Waals surface area contributed by atoms with Gasteiger partial charge in [0.1, 0.15) is 12.1 Å². The number of nitrogens with one attached hydrogen (secondary N) is 2. The second-order valence-electron chi connectivity index (χ2n) is 8.33. The Labute approximate surface area is 188 Å². The molecule has 0 saturated carbocycles. The van der Waals surface area contributed by atoms with Crippen LogP contribution in [-0.2, 0) is 22.3 Å². The Bertz CT molecular complexity index is 1040. The molecule has 2 heterocycles. The molecule has 2 N–H and O–H groups in total. The number of anilines is 1. The molecule has 2 saturated heterocycles. The minimum Gasteiger partial charge on any atom is -0.325 e. The molecule has 1 spiro atoms. The van der Waals surface area contributed by atoms with E-state index in [1.54, 1.807) is 0 Å². The van der Waals surface area contributed by atoms with Gasteiger partial charge in [-0.05, 0) is 49.2 Å². The van der Waals surface area contributed by atoms with Crippen molar-refractivity contribution < 1.29 is 27.6 Å². The second-order valence-corrected chi connectivity index (χ2v) is 8.33. The summed E-state index contributed by atoms with van der Waals surface area (Å²) in [7, 11) is 0. The van der Waals surface area contributed by atoms with Gasteiger partial charge in [0.2, 0.25) is 5.91 Å². The summed E-state index contributed by atoms with van der Waals surface area (Å²) in [5, 5.41) is 5.20. The van der Waals surface area contributed by atoms with Gasteiger partial charge in [-0.2, -0.15) is 13.2 Å². The van der Waals surface area contributed by atoms with Gasteiger partial charge in [-0.3, -0.25) is 19.4 Å². The van der Waals surface area contributed by atoms with Gasteiger partial charge in [0.15, 0.2) is 0 Å². The fourth-order valence-electron chi connectivity index (χ4n) is 4.30. The van der Waals surface area contributed by atoms with Crippen molar-refractivity contribution in [3.05, 3.63) is 65.7 Å². The van der Waals surface area contributed by atoms with E-state index in [0.717, 1.165) is 41.3 Å². The van der Waals surface area contributed by atoms with E-state index >= 15 is 0 Å². The van der Waals surface area contributed by atoms with E-state index < -0.39 is 41.7 Å². The van der Waals surface area contributed by atoms with E-state index in [1.165, 1.54) is 0 Å². The van der Waals surface area contributed by atoms with Gasteiger partial charge in [0.05, 0.1) is 5.56 Å². The highest BCUT2D eigenvalue weighted by atomic mass is 19.4. The van der Waals surface area contributed by atoms with Crippen LogP contribution in [0.5, 0.6) is 0 Å². The molecule has 0 radical (unpaired) electrons. The first-order valence-electron chi connectivity index (χ1n) is 10.5. The maximum Gasteiger partial charge on any atom is 0.416 e. The molecule has 2 aromatic rings. The fraction of sp³-hybridized carbons (Fsp3) is 0.348. The number of rotatable bonds is 5. The third-order valence-corrected chi connectivity index (χ3v) is 5.86. The van der Waals surface area contributed by atoms with E-state index in [0.29, 0.717) is 25.9 Å². The SMILES string of the molecule is O=C(CN1C(=O)NC2(CCCN(Cc3ccccc3)C2)C1=O)Nc1ccc(C(F)(F)F)cc1. The largest absolute Gasteiger partial charge is 0.416 e. The number of nitrogens with zero attached hydrogens (tertiary/aromatic N) is 2. The van der Waals surface area contributed by atoms with Crippen molar-refractivity contribution in [1.29, 1.82) is 0 Å². The van der Waals surface area contributed by atoms with Crippen molar-refractivity contribution in [3.8, 4) is 0 Å². The molecule has 0 aromatic heterocycles. The third kappa shape index (κ3) is 5.00. The predicted octanol–water partition coefficient (Wildman–Crippen LogP) is 3.23. The van der Waals surface area contributed by atoms with E-state index in [-0.39, 0.29) is 5.69 Å². The highest BCUT2D eigenvalue weighted by Crippen LogP contribution is 2.31. The smallest absolute Gasteiger partial charge is 0.325 e. The molecule has 1 atom stereocenters. The fourth-order valence-corrected chi connectivity index (χ4v) is 4.30. The van der Waals surface area contributed by atoms with Crippen LogP contribution in [0.4, 0.5) is 23.7 Å². The van der Waals surface area contributed by atoms with Gasteiger partial charge in [0, 0.05) is 18.8 Å². The molecule has 2 aromatic carbocycles. The number of carbonyl (C=O) groups excluding carboxylic acids is 3. The lowest BCUT2D eigenvalue weighted by Gasteiger charge is -2.38. The minimum atomic E-state index is -4.48. The molecule has 4 rings (SSSR count). The van der Waals surface area contributed by atoms with Gasteiger partial charge in [-0.15, -0.1) is 0 Å². The molecule has 1 unspecified atom stereocenters. The molecule has 7 nitrogen and oxygen atoms in total.